The van der Waals surface area contributed by atoms with E-state index in [-0.39, 0.29) is 5.91 Å². The number of thiophene rings is 1. The highest BCUT2D eigenvalue weighted by Gasteiger charge is 2.21. The van der Waals surface area contributed by atoms with Crippen LogP contribution in [0.3, 0.4) is 0 Å². The molecule has 0 saturated carbocycles. The van der Waals surface area contributed by atoms with Crippen LogP contribution in [0.25, 0.3) is 0 Å². The van der Waals surface area contributed by atoms with E-state index >= 15 is 0 Å². The lowest BCUT2D eigenvalue weighted by atomic mass is 9.91. The smallest absolute Gasteiger partial charge is 0.262 e. The highest BCUT2D eigenvalue weighted by atomic mass is 35.5. The minimum atomic E-state index is -0.0679. The maximum Gasteiger partial charge on any atom is 0.262 e. The van der Waals surface area contributed by atoms with Crippen LogP contribution in [-0.2, 0) is 0 Å². The van der Waals surface area contributed by atoms with Crippen LogP contribution < -0.4 is 5.32 Å². The minimum Gasteiger partial charge on any atom is -0.350 e. The van der Waals surface area contributed by atoms with Gasteiger partial charge in [0.1, 0.15) is 4.88 Å². The van der Waals surface area contributed by atoms with E-state index in [1.54, 1.807) is 6.07 Å². The Morgan fingerprint density at radius 2 is 2.13 bits per heavy atom. The summed E-state index contributed by atoms with van der Waals surface area (Å²) in [5.41, 5.74) is 1.42. The molecule has 0 spiro atoms. The molecule has 2 aromatic rings. The molecular weight excluding hydrogens is 328 g/mol. The third kappa shape index (κ3) is 4.34. The monoisotopic (exact) mass is 348 g/mol. The highest BCUT2D eigenvalue weighted by molar-refractivity contribution is 7.12. The van der Waals surface area contributed by atoms with E-state index in [0.29, 0.717) is 22.4 Å². The third-order valence-corrected chi connectivity index (χ3v) is 5.65. The zero-order valence-electron chi connectivity index (χ0n) is 13.0. The molecule has 0 bridgehead atoms. The summed E-state index contributed by atoms with van der Waals surface area (Å²) in [6.45, 7) is 3.73. The molecule has 1 atom stereocenters. The molecule has 3 rings (SSSR count). The van der Waals surface area contributed by atoms with Crippen molar-refractivity contribution in [3.63, 3.8) is 0 Å². The van der Waals surface area contributed by atoms with Crippen LogP contribution in [0.4, 0.5) is 0 Å². The summed E-state index contributed by atoms with van der Waals surface area (Å²) >= 11 is 7.37. The van der Waals surface area contributed by atoms with Gasteiger partial charge in [-0.1, -0.05) is 41.9 Å². The Hall–Kier alpha value is -1.36. The Kier molecular flexibility index (Phi) is 5.70. The second-order valence-electron chi connectivity index (χ2n) is 5.90. The molecule has 2 heterocycles. The van der Waals surface area contributed by atoms with Crippen molar-refractivity contribution in [2.24, 2.45) is 0 Å². The van der Waals surface area contributed by atoms with Crippen LogP contribution >= 0.6 is 22.9 Å². The van der Waals surface area contributed by atoms with Crippen molar-refractivity contribution in [3.8, 4) is 0 Å². The van der Waals surface area contributed by atoms with Gasteiger partial charge in [0.15, 0.2) is 0 Å². The molecule has 0 unspecified atom stereocenters. The van der Waals surface area contributed by atoms with Crippen molar-refractivity contribution in [1.82, 2.24) is 10.2 Å². The molecule has 122 valence electrons. The predicted molar refractivity (Wildman–Crippen MR) is 96.5 cm³/mol. The van der Waals surface area contributed by atoms with Crippen LogP contribution in [0, 0.1) is 0 Å². The van der Waals surface area contributed by atoms with Gasteiger partial charge in [0.05, 0.1) is 5.02 Å². The number of halogens is 1. The van der Waals surface area contributed by atoms with Crippen LogP contribution in [0.15, 0.2) is 41.8 Å². The van der Waals surface area contributed by atoms with E-state index in [1.807, 2.05) is 5.38 Å². The van der Waals surface area contributed by atoms with Gasteiger partial charge in [0.25, 0.3) is 5.91 Å². The summed E-state index contributed by atoms with van der Waals surface area (Å²) in [5, 5.41) is 5.35. The SMILES string of the molecule is O=C(NCCN1CCC[C@H](c2ccccc2)C1)c1sccc1Cl. The lowest BCUT2D eigenvalue weighted by Gasteiger charge is -2.33. The number of nitrogens with one attached hydrogen (secondary N) is 1. The van der Waals surface area contributed by atoms with E-state index in [9.17, 15) is 4.79 Å². The first-order chi connectivity index (χ1) is 11.2. The quantitative estimate of drug-likeness (QED) is 0.885. The summed E-state index contributed by atoms with van der Waals surface area (Å²) in [6, 6.07) is 12.5. The molecular formula is C18H21ClN2OS. The lowest BCUT2D eigenvalue weighted by molar-refractivity contribution is 0.0949. The van der Waals surface area contributed by atoms with Crippen molar-refractivity contribution in [1.29, 1.82) is 0 Å². The topological polar surface area (TPSA) is 32.3 Å². The number of benzene rings is 1. The molecule has 1 aromatic heterocycles. The van der Waals surface area contributed by atoms with E-state index in [0.717, 1.165) is 19.6 Å². The highest BCUT2D eigenvalue weighted by Crippen LogP contribution is 2.26. The molecule has 1 saturated heterocycles. The molecule has 0 radical (unpaired) electrons. The normalized spacial score (nSPS) is 18.7. The van der Waals surface area contributed by atoms with Crippen molar-refractivity contribution < 1.29 is 4.79 Å². The van der Waals surface area contributed by atoms with Gasteiger partial charge < -0.3 is 10.2 Å². The molecule has 1 amide bonds. The van der Waals surface area contributed by atoms with Gasteiger partial charge in [0, 0.05) is 19.6 Å². The molecule has 1 aliphatic heterocycles. The number of hydrogen-bond donors (Lipinski definition) is 1. The number of amides is 1. The Morgan fingerprint density at radius 1 is 1.30 bits per heavy atom. The molecule has 5 heteroatoms. The number of nitrogens with zero attached hydrogens (tertiary/aromatic N) is 1. The number of hydrogen-bond acceptors (Lipinski definition) is 3. The fourth-order valence-corrected chi connectivity index (χ4v) is 4.18. The Balaban J connectivity index is 1.47. The number of carbonyl (C=O) groups excluding carboxylic acids is 1. The third-order valence-electron chi connectivity index (χ3n) is 4.31. The summed E-state index contributed by atoms with van der Waals surface area (Å²) in [4.78, 5) is 15.1. The summed E-state index contributed by atoms with van der Waals surface area (Å²) in [7, 11) is 0. The van der Waals surface area contributed by atoms with Gasteiger partial charge in [-0.15, -0.1) is 11.3 Å². The largest absolute Gasteiger partial charge is 0.350 e. The van der Waals surface area contributed by atoms with E-state index in [1.165, 1.54) is 29.7 Å². The Labute approximate surface area is 146 Å². The van der Waals surface area contributed by atoms with Crippen molar-refractivity contribution in [3.05, 3.63) is 57.2 Å². The number of carbonyl (C=O) groups is 1. The van der Waals surface area contributed by atoms with Crippen molar-refractivity contribution in [2.45, 2.75) is 18.8 Å². The van der Waals surface area contributed by atoms with Gasteiger partial charge in [-0.2, -0.15) is 0 Å². The first-order valence-electron chi connectivity index (χ1n) is 8.02. The van der Waals surface area contributed by atoms with Crippen molar-refractivity contribution >= 4 is 28.8 Å². The fraction of sp³-hybridized carbons (Fsp3) is 0.389. The Morgan fingerprint density at radius 3 is 2.87 bits per heavy atom. The van der Waals surface area contributed by atoms with Crippen LogP contribution in [0.5, 0.6) is 0 Å². The number of likely N-dealkylation sites (tertiary alicyclic amines) is 1. The molecule has 1 fully saturated rings. The average molecular weight is 349 g/mol. The van der Waals surface area contributed by atoms with Crippen molar-refractivity contribution in [2.75, 3.05) is 26.2 Å². The van der Waals surface area contributed by atoms with Crippen LogP contribution in [-0.4, -0.2) is 37.0 Å². The van der Waals surface area contributed by atoms with Crippen LogP contribution in [0.1, 0.15) is 34.0 Å². The second-order valence-corrected chi connectivity index (χ2v) is 7.23. The van der Waals surface area contributed by atoms with Gasteiger partial charge in [-0.05, 0) is 42.3 Å². The number of rotatable bonds is 5. The average Bonchev–Trinajstić information content (AvgIpc) is 3.02. The maximum atomic E-state index is 12.1. The number of piperidine rings is 1. The molecule has 1 N–H and O–H groups in total. The molecule has 0 aliphatic carbocycles. The zero-order valence-corrected chi connectivity index (χ0v) is 14.6. The second kappa shape index (κ2) is 7.95. The van der Waals surface area contributed by atoms with Gasteiger partial charge in [-0.25, -0.2) is 0 Å². The lowest BCUT2D eigenvalue weighted by Crippen LogP contribution is -2.40. The van der Waals surface area contributed by atoms with Gasteiger partial charge >= 0.3 is 0 Å². The first kappa shape index (κ1) is 16.5. The molecule has 3 nitrogen and oxygen atoms in total. The minimum absolute atomic E-state index is 0.0679. The molecule has 1 aliphatic rings. The standard InChI is InChI=1S/C18H21ClN2OS/c19-16-8-12-23-17(16)18(22)20-9-11-21-10-4-7-15(13-21)14-5-2-1-3-6-14/h1-3,5-6,8,12,15H,4,7,9-11,13H2,(H,20,22)/t15-/m0/s1. The first-order valence-corrected chi connectivity index (χ1v) is 9.28. The summed E-state index contributed by atoms with van der Waals surface area (Å²) in [5.74, 6) is 0.536. The zero-order chi connectivity index (χ0) is 16.1. The summed E-state index contributed by atoms with van der Waals surface area (Å²) in [6.07, 6.45) is 2.46. The van der Waals surface area contributed by atoms with Crippen LogP contribution in [0.2, 0.25) is 5.02 Å². The van der Waals surface area contributed by atoms with E-state index in [4.69, 9.17) is 11.6 Å². The van der Waals surface area contributed by atoms with Gasteiger partial charge in [0.2, 0.25) is 0 Å². The molecule has 1 aromatic carbocycles. The Bertz CT molecular complexity index is 643. The molecule has 23 heavy (non-hydrogen) atoms. The predicted octanol–water partition coefficient (Wildman–Crippen LogP) is 4.01. The fourth-order valence-electron chi connectivity index (χ4n) is 3.12. The summed E-state index contributed by atoms with van der Waals surface area (Å²) < 4.78 is 0. The van der Waals surface area contributed by atoms with Gasteiger partial charge in [-0.3, -0.25) is 4.79 Å². The van der Waals surface area contributed by atoms with E-state index < -0.39 is 0 Å². The van der Waals surface area contributed by atoms with E-state index in [2.05, 4.69) is 40.5 Å². The maximum absolute atomic E-state index is 12.1.